The fourth-order valence-electron chi connectivity index (χ4n) is 4.33. The van der Waals surface area contributed by atoms with E-state index in [1.165, 1.54) is 17.2 Å². The normalized spacial score (nSPS) is 19.4. The summed E-state index contributed by atoms with van der Waals surface area (Å²) in [5.41, 5.74) is 4.23. The Morgan fingerprint density at radius 1 is 1.00 bits per heavy atom. The van der Waals surface area contributed by atoms with Crippen LogP contribution < -0.4 is 5.32 Å². The number of halogens is 1. The fourth-order valence-corrected chi connectivity index (χ4v) is 4.33. The van der Waals surface area contributed by atoms with E-state index >= 15 is 0 Å². The number of rotatable bonds is 5. The van der Waals surface area contributed by atoms with Crippen LogP contribution in [0.4, 0.5) is 10.1 Å². The van der Waals surface area contributed by atoms with E-state index in [0.29, 0.717) is 13.1 Å². The Bertz CT molecular complexity index is 1000. The maximum atomic E-state index is 13.7. The van der Waals surface area contributed by atoms with Gasteiger partial charge in [-0.15, -0.1) is 0 Å². The van der Waals surface area contributed by atoms with E-state index < -0.39 is 0 Å². The van der Waals surface area contributed by atoms with Crippen LogP contribution in [-0.4, -0.2) is 23.9 Å². The second-order valence-corrected chi connectivity index (χ2v) is 8.22. The lowest BCUT2D eigenvalue weighted by Gasteiger charge is -2.37. The van der Waals surface area contributed by atoms with Gasteiger partial charge in [0.15, 0.2) is 0 Å². The Morgan fingerprint density at radius 2 is 1.80 bits per heavy atom. The van der Waals surface area contributed by atoms with Crippen molar-refractivity contribution in [3.63, 3.8) is 0 Å². The van der Waals surface area contributed by atoms with Crippen molar-refractivity contribution in [2.24, 2.45) is 5.92 Å². The number of amides is 1. The molecule has 3 aromatic carbocycles. The van der Waals surface area contributed by atoms with Gasteiger partial charge in [0.1, 0.15) is 5.82 Å². The number of piperidine rings is 1. The van der Waals surface area contributed by atoms with E-state index in [1.807, 2.05) is 36.4 Å². The number of carbonyl (C=O) groups is 1. The standard InChI is InChI=1S/C26H27FN2O/c1-19-7-5-9-21(13-19)22-15-23(26(30)28-25-11-3-2-4-12-25)18-29(17-22)16-20-8-6-10-24(27)14-20/h2-14,22-23H,15-18H2,1H3,(H,28,30)/t22-,23+/m1/s1. The highest BCUT2D eigenvalue weighted by atomic mass is 19.1. The van der Waals surface area contributed by atoms with Crippen molar-refractivity contribution in [3.05, 3.63) is 101 Å². The number of benzene rings is 3. The molecule has 0 bridgehead atoms. The highest BCUT2D eigenvalue weighted by Gasteiger charge is 2.32. The molecule has 3 nitrogen and oxygen atoms in total. The molecule has 30 heavy (non-hydrogen) atoms. The Morgan fingerprint density at radius 3 is 2.57 bits per heavy atom. The van der Waals surface area contributed by atoms with Gasteiger partial charge in [0.05, 0.1) is 5.92 Å². The lowest BCUT2D eigenvalue weighted by Crippen LogP contribution is -2.43. The van der Waals surface area contributed by atoms with Crippen LogP contribution in [0.1, 0.15) is 29.0 Å². The summed E-state index contributed by atoms with van der Waals surface area (Å²) < 4.78 is 13.7. The van der Waals surface area contributed by atoms with E-state index in [-0.39, 0.29) is 23.6 Å². The molecule has 1 amide bonds. The van der Waals surface area contributed by atoms with Crippen molar-refractivity contribution in [2.45, 2.75) is 25.8 Å². The molecule has 4 rings (SSSR count). The third-order valence-corrected chi connectivity index (χ3v) is 5.75. The summed E-state index contributed by atoms with van der Waals surface area (Å²) in [6, 6.07) is 24.8. The molecule has 4 heteroatoms. The van der Waals surface area contributed by atoms with E-state index in [9.17, 15) is 9.18 Å². The molecule has 1 N–H and O–H groups in total. The van der Waals surface area contributed by atoms with Crippen LogP contribution in [0.3, 0.4) is 0 Å². The Kier molecular flexibility index (Phi) is 6.24. The second kappa shape index (κ2) is 9.23. The van der Waals surface area contributed by atoms with Crippen molar-refractivity contribution < 1.29 is 9.18 Å². The van der Waals surface area contributed by atoms with Crippen LogP contribution >= 0.6 is 0 Å². The average Bonchev–Trinajstić information content (AvgIpc) is 2.74. The molecule has 0 saturated carbocycles. The van der Waals surface area contributed by atoms with Gasteiger partial charge in [-0.1, -0.05) is 60.2 Å². The van der Waals surface area contributed by atoms with Crippen LogP contribution in [0.2, 0.25) is 0 Å². The summed E-state index contributed by atoms with van der Waals surface area (Å²) in [6.07, 6.45) is 0.807. The number of likely N-dealkylation sites (tertiary alicyclic amines) is 1. The van der Waals surface area contributed by atoms with Gasteiger partial charge in [-0.2, -0.15) is 0 Å². The van der Waals surface area contributed by atoms with E-state index in [1.54, 1.807) is 12.1 Å². The average molecular weight is 403 g/mol. The Hall–Kier alpha value is -2.98. The van der Waals surface area contributed by atoms with Crippen LogP contribution in [0.15, 0.2) is 78.9 Å². The summed E-state index contributed by atoms with van der Waals surface area (Å²) in [4.78, 5) is 15.3. The van der Waals surface area contributed by atoms with Crippen molar-refractivity contribution in [2.75, 3.05) is 18.4 Å². The molecular weight excluding hydrogens is 375 g/mol. The second-order valence-electron chi connectivity index (χ2n) is 8.22. The molecule has 3 aromatic rings. The van der Waals surface area contributed by atoms with Gasteiger partial charge in [-0.3, -0.25) is 9.69 Å². The smallest absolute Gasteiger partial charge is 0.228 e. The quantitative estimate of drug-likeness (QED) is 0.622. The number of hydrogen-bond donors (Lipinski definition) is 1. The number of carbonyl (C=O) groups excluding carboxylic acids is 1. The number of nitrogens with one attached hydrogen (secondary N) is 1. The minimum Gasteiger partial charge on any atom is -0.326 e. The topological polar surface area (TPSA) is 32.3 Å². The zero-order chi connectivity index (χ0) is 20.9. The summed E-state index contributed by atoms with van der Waals surface area (Å²) in [5.74, 6) is -0.0438. The molecule has 0 aromatic heterocycles. The molecule has 154 valence electrons. The Labute approximate surface area is 177 Å². The molecule has 1 aliphatic rings. The number of anilines is 1. The van der Waals surface area contributed by atoms with Crippen LogP contribution in [0.25, 0.3) is 0 Å². The first-order valence-electron chi connectivity index (χ1n) is 10.5. The molecule has 1 fully saturated rings. The lowest BCUT2D eigenvalue weighted by atomic mass is 9.83. The monoisotopic (exact) mass is 402 g/mol. The fraction of sp³-hybridized carbons (Fsp3) is 0.269. The summed E-state index contributed by atoms with van der Waals surface area (Å²) in [7, 11) is 0. The highest BCUT2D eigenvalue weighted by Crippen LogP contribution is 2.32. The Balaban J connectivity index is 1.55. The molecule has 1 saturated heterocycles. The summed E-state index contributed by atoms with van der Waals surface area (Å²) in [6.45, 7) is 4.25. The van der Waals surface area contributed by atoms with Gasteiger partial charge in [0, 0.05) is 25.3 Å². The molecule has 0 radical (unpaired) electrons. The molecule has 0 spiro atoms. The molecule has 0 unspecified atom stereocenters. The molecular formula is C26H27FN2O. The lowest BCUT2D eigenvalue weighted by molar-refractivity contribution is -0.121. The van der Waals surface area contributed by atoms with Crippen LogP contribution in [0.5, 0.6) is 0 Å². The van der Waals surface area contributed by atoms with E-state index in [0.717, 1.165) is 24.2 Å². The first kappa shape index (κ1) is 20.3. The minimum atomic E-state index is -0.224. The number of nitrogens with zero attached hydrogens (tertiary/aromatic N) is 1. The van der Waals surface area contributed by atoms with E-state index in [2.05, 4.69) is 41.4 Å². The maximum absolute atomic E-state index is 13.7. The van der Waals surface area contributed by atoms with Crippen molar-refractivity contribution in [3.8, 4) is 0 Å². The third kappa shape index (κ3) is 5.14. The van der Waals surface area contributed by atoms with Gasteiger partial charge >= 0.3 is 0 Å². The number of aryl methyl sites for hydroxylation is 1. The molecule has 1 aliphatic heterocycles. The first-order chi connectivity index (χ1) is 14.6. The predicted octanol–water partition coefficient (Wildman–Crippen LogP) is 5.38. The zero-order valence-electron chi connectivity index (χ0n) is 17.2. The summed E-state index contributed by atoms with van der Waals surface area (Å²) >= 11 is 0. The van der Waals surface area contributed by atoms with Gasteiger partial charge in [-0.25, -0.2) is 4.39 Å². The molecule has 1 heterocycles. The highest BCUT2D eigenvalue weighted by molar-refractivity contribution is 5.92. The van der Waals surface area contributed by atoms with Crippen LogP contribution in [-0.2, 0) is 11.3 Å². The van der Waals surface area contributed by atoms with Gasteiger partial charge in [0.25, 0.3) is 0 Å². The zero-order valence-corrected chi connectivity index (χ0v) is 17.2. The largest absolute Gasteiger partial charge is 0.326 e. The molecule has 0 aliphatic carbocycles. The molecule has 2 atom stereocenters. The van der Waals surface area contributed by atoms with Crippen LogP contribution in [0, 0.1) is 18.7 Å². The van der Waals surface area contributed by atoms with Gasteiger partial charge in [-0.05, 0) is 54.7 Å². The minimum absolute atomic E-state index is 0.0443. The van der Waals surface area contributed by atoms with Crippen molar-refractivity contribution in [1.29, 1.82) is 0 Å². The van der Waals surface area contributed by atoms with Crippen molar-refractivity contribution in [1.82, 2.24) is 4.90 Å². The predicted molar refractivity (Wildman–Crippen MR) is 119 cm³/mol. The first-order valence-corrected chi connectivity index (χ1v) is 10.5. The third-order valence-electron chi connectivity index (χ3n) is 5.75. The number of hydrogen-bond acceptors (Lipinski definition) is 2. The van der Waals surface area contributed by atoms with Gasteiger partial charge < -0.3 is 5.32 Å². The van der Waals surface area contributed by atoms with Crippen molar-refractivity contribution >= 4 is 11.6 Å². The van der Waals surface area contributed by atoms with Gasteiger partial charge in [0.2, 0.25) is 5.91 Å². The van der Waals surface area contributed by atoms with E-state index in [4.69, 9.17) is 0 Å². The summed E-state index contributed by atoms with van der Waals surface area (Å²) in [5, 5.41) is 3.06. The number of para-hydroxylation sites is 1. The SMILES string of the molecule is Cc1cccc([C@@H]2C[C@H](C(=O)Nc3ccccc3)CN(Cc3cccc(F)c3)C2)c1. The maximum Gasteiger partial charge on any atom is 0.228 e.